The lowest BCUT2D eigenvalue weighted by Gasteiger charge is -2.34. The summed E-state index contributed by atoms with van der Waals surface area (Å²) >= 11 is 0. The van der Waals surface area contributed by atoms with Crippen LogP contribution in [0.3, 0.4) is 0 Å². The molecule has 1 aliphatic carbocycles. The van der Waals surface area contributed by atoms with Crippen molar-refractivity contribution in [1.82, 2.24) is 29.9 Å². The summed E-state index contributed by atoms with van der Waals surface area (Å²) in [6, 6.07) is 3.83. The average molecular weight is 469 g/mol. The molecule has 0 aliphatic heterocycles. The first-order valence-electron chi connectivity index (χ1n) is 11.1. The first kappa shape index (κ1) is 22.2. The molecule has 0 bridgehead atoms. The predicted octanol–water partition coefficient (Wildman–Crippen LogP) is 3.49. The molecule has 4 heterocycles. The van der Waals surface area contributed by atoms with Crippen molar-refractivity contribution in [1.29, 1.82) is 0 Å². The zero-order valence-corrected chi connectivity index (χ0v) is 18.8. The first-order valence-corrected chi connectivity index (χ1v) is 11.1. The molecule has 11 heteroatoms. The lowest BCUT2D eigenvalue weighted by Crippen LogP contribution is -2.42. The Hall–Kier alpha value is -3.60. The van der Waals surface area contributed by atoms with E-state index < -0.39 is 5.92 Å². The summed E-state index contributed by atoms with van der Waals surface area (Å²) in [6.07, 6.45) is 6.49. The Morgan fingerprint density at radius 2 is 2.21 bits per heavy atom. The van der Waals surface area contributed by atoms with Gasteiger partial charge in [-0.25, -0.2) is 18.3 Å². The fourth-order valence-corrected chi connectivity index (χ4v) is 4.31. The molecule has 3 N–H and O–H groups in total. The maximum Gasteiger partial charge on any atom is 0.255 e. The monoisotopic (exact) mass is 469 g/mol. The lowest BCUT2D eigenvalue weighted by atomic mass is 9.81. The van der Waals surface area contributed by atoms with Gasteiger partial charge in [0.05, 0.1) is 23.9 Å². The number of aromatic amines is 1. The zero-order valence-electron chi connectivity index (χ0n) is 18.8. The van der Waals surface area contributed by atoms with Crippen LogP contribution < -0.4 is 10.6 Å². The number of H-pyrrole nitrogens is 1. The van der Waals surface area contributed by atoms with Crippen LogP contribution >= 0.6 is 0 Å². The maximum atomic E-state index is 13.0. The van der Waals surface area contributed by atoms with E-state index in [1.165, 1.54) is 6.20 Å². The van der Waals surface area contributed by atoms with E-state index >= 15 is 0 Å². The largest absolute Gasteiger partial charge is 0.383 e. The van der Waals surface area contributed by atoms with E-state index in [9.17, 15) is 13.6 Å². The fraction of sp³-hybridized carbons (Fsp3) is 0.391. The topological polar surface area (TPSA) is 109 Å². The van der Waals surface area contributed by atoms with Gasteiger partial charge in [0.2, 0.25) is 11.9 Å². The number of carbonyl (C=O) groups excluding carboxylic acids is 1. The van der Waals surface area contributed by atoms with Gasteiger partial charge in [0.1, 0.15) is 5.65 Å². The number of hydrogen-bond acceptors (Lipinski definition) is 6. The minimum atomic E-state index is -2.60. The number of carbonyl (C=O) groups is 1. The second kappa shape index (κ2) is 8.64. The summed E-state index contributed by atoms with van der Waals surface area (Å²) in [7, 11) is 1.64. The van der Waals surface area contributed by atoms with E-state index in [1.807, 2.05) is 25.3 Å². The van der Waals surface area contributed by atoms with Gasteiger partial charge in [0.25, 0.3) is 5.91 Å². The van der Waals surface area contributed by atoms with Gasteiger partial charge in [-0.2, -0.15) is 10.1 Å². The molecule has 0 spiro atoms. The number of nitrogens with zero attached hydrogens (tertiary/aromatic N) is 4. The van der Waals surface area contributed by atoms with E-state index in [4.69, 9.17) is 4.74 Å². The number of alkyl halides is 2. The van der Waals surface area contributed by atoms with Gasteiger partial charge in [0, 0.05) is 62.1 Å². The zero-order chi connectivity index (χ0) is 23.9. The highest BCUT2D eigenvalue weighted by Gasteiger charge is 2.45. The van der Waals surface area contributed by atoms with Crippen molar-refractivity contribution in [2.24, 2.45) is 5.92 Å². The number of rotatable bonds is 8. The van der Waals surface area contributed by atoms with E-state index in [-0.39, 0.29) is 37.3 Å². The Kier molecular flexibility index (Phi) is 5.64. The second-order valence-electron chi connectivity index (χ2n) is 8.80. The van der Waals surface area contributed by atoms with Crippen molar-refractivity contribution in [2.75, 3.05) is 25.6 Å². The van der Waals surface area contributed by atoms with Gasteiger partial charge < -0.3 is 20.4 Å². The molecule has 1 aliphatic rings. The number of pyridine rings is 1. The number of fused-ring (bicyclic) bond motifs is 2. The lowest BCUT2D eigenvalue weighted by molar-refractivity contribution is -0.108. The fourth-order valence-electron chi connectivity index (χ4n) is 4.31. The highest BCUT2D eigenvalue weighted by atomic mass is 19.3. The molecule has 1 saturated carbocycles. The maximum absolute atomic E-state index is 13.0. The van der Waals surface area contributed by atoms with Crippen LogP contribution in [0.1, 0.15) is 30.1 Å². The smallest absolute Gasteiger partial charge is 0.255 e. The van der Waals surface area contributed by atoms with Crippen molar-refractivity contribution in [2.45, 2.75) is 31.7 Å². The third-order valence-corrected chi connectivity index (χ3v) is 6.03. The molecule has 0 unspecified atom stereocenters. The SMILES string of the molecule is COC[C@H](C)Nc1ncc2c(-c3ccn4ncc(C(=O)NCC5CC(F)(F)C5)c4c3)c[nH]c2n1. The highest BCUT2D eigenvalue weighted by Crippen LogP contribution is 2.41. The van der Waals surface area contributed by atoms with Crippen molar-refractivity contribution in [3.63, 3.8) is 0 Å². The Labute approximate surface area is 193 Å². The van der Waals surface area contributed by atoms with Gasteiger partial charge in [-0.3, -0.25) is 4.79 Å². The number of nitrogens with one attached hydrogen (secondary N) is 3. The van der Waals surface area contributed by atoms with E-state index in [1.54, 1.807) is 24.0 Å². The summed E-state index contributed by atoms with van der Waals surface area (Å²) in [5.74, 6) is -2.62. The van der Waals surface area contributed by atoms with Crippen molar-refractivity contribution >= 4 is 28.4 Å². The number of ether oxygens (including phenoxy) is 1. The van der Waals surface area contributed by atoms with Crippen LogP contribution in [0, 0.1) is 5.92 Å². The summed E-state index contributed by atoms with van der Waals surface area (Å²) in [5, 5.41) is 11.0. The van der Waals surface area contributed by atoms with Crippen LogP contribution in [0.4, 0.5) is 14.7 Å². The standard InChI is InChI=1S/C23H25F2N7O2/c1-13(12-34-2)30-22-28-10-17-16(9-26-20(17)31-22)15-3-4-32-19(5-15)18(11-29-32)21(33)27-8-14-6-23(24,25)7-14/h3-5,9-11,13-14H,6-8,12H2,1-2H3,(H,27,33)(H2,26,28,30,31)/t13-/m0/s1. The number of methoxy groups -OCH3 is 1. The number of hydrogen-bond donors (Lipinski definition) is 3. The number of aromatic nitrogens is 5. The first-order chi connectivity index (χ1) is 16.3. The van der Waals surface area contributed by atoms with Crippen molar-refractivity contribution < 1.29 is 18.3 Å². The Morgan fingerprint density at radius 1 is 1.38 bits per heavy atom. The van der Waals surface area contributed by atoms with Crippen molar-refractivity contribution in [3.05, 3.63) is 42.5 Å². The van der Waals surface area contributed by atoms with Gasteiger partial charge in [-0.1, -0.05) is 0 Å². The minimum absolute atomic E-state index is 0.0616. The second-order valence-corrected chi connectivity index (χ2v) is 8.80. The molecule has 1 amide bonds. The van der Waals surface area contributed by atoms with Gasteiger partial charge >= 0.3 is 0 Å². The van der Waals surface area contributed by atoms with E-state index in [2.05, 4.69) is 30.7 Å². The van der Waals surface area contributed by atoms with Crippen LogP contribution in [0.2, 0.25) is 0 Å². The molecule has 1 atom stereocenters. The molecule has 34 heavy (non-hydrogen) atoms. The van der Waals surface area contributed by atoms with Crippen molar-refractivity contribution in [3.8, 4) is 11.1 Å². The molecule has 4 aromatic rings. The molecule has 178 valence electrons. The minimum Gasteiger partial charge on any atom is -0.383 e. The Bertz CT molecular complexity index is 1340. The molecule has 4 aromatic heterocycles. The normalized spacial score (nSPS) is 16.5. The summed E-state index contributed by atoms with van der Waals surface area (Å²) in [4.78, 5) is 24.8. The average Bonchev–Trinajstić information content (AvgIpc) is 3.39. The number of anilines is 1. The molecule has 1 fully saturated rings. The summed E-state index contributed by atoms with van der Waals surface area (Å²) < 4.78 is 32.8. The van der Waals surface area contributed by atoms with Crippen LogP contribution in [-0.4, -0.2) is 62.7 Å². The summed E-state index contributed by atoms with van der Waals surface area (Å²) in [6.45, 7) is 2.74. The molecule has 0 saturated heterocycles. The quantitative estimate of drug-likeness (QED) is 0.365. The van der Waals surface area contributed by atoms with Crippen LogP contribution in [0.5, 0.6) is 0 Å². The third-order valence-electron chi connectivity index (χ3n) is 6.03. The summed E-state index contributed by atoms with van der Waals surface area (Å²) in [5.41, 5.74) is 3.45. The molecule has 0 radical (unpaired) electrons. The van der Waals surface area contributed by atoms with Crippen LogP contribution in [0.15, 0.2) is 36.9 Å². The Morgan fingerprint density at radius 3 is 2.97 bits per heavy atom. The predicted molar refractivity (Wildman–Crippen MR) is 123 cm³/mol. The van der Waals surface area contributed by atoms with Crippen LogP contribution in [0.25, 0.3) is 27.7 Å². The van der Waals surface area contributed by atoms with E-state index in [0.29, 0.717) is 29.3 Å². The number of halogens is 2. The number of amides is 1. The Balaban J connectivity index is 1.37. The van der Waals surface area contributed by atoms with Gasteiger partial charge in [0.15, 0.2) is 0 Å². The molecule has 9 nitrogen and oxygen atoms in total. The highest BCUT2D eigenvalue weighted by molar-refractivity contribution is 6.02. The molecule has 0 aromatic carbocycles. The molecular weight excluding hydrogens is 444 g/mol. The molecule has 5 rings (SSSR count). The van der Waals surface area contributed by atoms with Gasteiger partial charge in [-0.05, 0) is 30.5 Å². The van der Waals surface area contributed by atoms with Gasteiger partial charge in [-0.15, -0.1) is 0 Å². The van der Waals surface area contributed by atoms with Crippen LogP contribution in [-0.2, 0) is 4.74 Å². The van der Waals surface area contributed by atoms with E-state index in [0.717, 1.165) is 16.5 Å². The molecular formula is C23H25F2N7O2. The third kappa shape index (κ3) is 4.30.